The van der Waals surface area contributed by atoms with Gasteiger partial charge >= 0.3 is 0 Å². The molecule has 1 aromatic heterocycles. The van der Waals surface area contributed by atoms with E-state index in [0.717, 1.165) is 44.1 Å². The smallest absolute Gasteiger partial charge is 0.118 e. The van der Waals surface area contributed by atoms with Gasteiger partial charge in [0.05, 0.1) is 7.11 Å². The maximum Gasteiger partial charge on any atom is 0.118 e. The number of hydrogen-bond acceptors (Lipinski definition) is 1. The summed E-state index contributed by atoms with van der Waals surface area (Å²) in [5.41, 5.74) is 3.50. The van der Waals surface area contributed by atoms with E-state index in [-0.39, 0.29) is 0 Å². The first-order valence-corrected chi connectivity index (χ1v) is 8.41. The fourth-order valence-corrected chi connectivity index (χ4v) is 3.48. The van der Waals surface area contributed by atoms with Crippen LogP contribution in [-0.2, 0) is 6.54 Å². The minimum atomic E-state index is 0.728. The lowest BCUT2D eigenvalue weighted by molar-refractivity contribution is 0.414. The Hall–Kier alpha value is -2.16. The molecule has 0 aliphatic carbocycles. The fraction of sp³-hybridized carbons (Fsp3) is 0.100. The Morgan fingerprint density at radius 1 is 0.792 bits per heavy atom. The van der Waals surface area contributed by atoms with Gasteiger partial charge in [-0.15, -0.1) is 0 Å². The molecule has 0 aliphatic rings. The van der Waals surface area contributed by atoms with Gasteiger partial charge in [0.2, 0.25) is 0 Å². The highest BCUT2D eigenvalue weighted by Crippen LogP contribution is 2.33. The number of halogens is 2. The summed E-state index contributed by atoms with van der Waals surface area (Å²) in [4.78, 5) is 0. The van der Waals surface area contributed by atoms with Crippen LogP contribution in [0.15, 0.2) is 60.7 Å². The SMILES string of the molecule is COc1ccc(Cn2c3ccc(Cl)cc3c3cc(Cl)ccc32)cc1. The molecule has 0 aliphatic heterocycles. The lowest BCUT2D eigenvalue weighted by Gasteiger charge is -2.09. The number of aromatic nitrogens is 1. The molecule has 4 rings (SSSR count). The molecule has 0 saturated heterocycles. The molecule has 0 unspecified atom stereocenters. The van der Waals surface area contributed by atoms with Gasteiger partial charge in [0.15, 0.2) is 0 Å². The van der Waals surface area contributed by atoms with E-state index in [1.807, 2.05) is 36.4 Å². The van der Waals surface area contributed by atoms with Crippen LogP contribution in [0.3, 0.4) is 0 Å². The predicted molar refractivity (Wildman–Crippen MR) is 102 cm³/mol. The van der Waals surface area contributed by atoms with E-state index in [0.29, 0.717) is 0 Å². The molecular formula is C20H15Cl2NO. The summed E-state index contributed by atoms with van der Waals surface area (Å²) in [5.74, 6) is 0.861. The highest BCUT2D eigenvalue weighted by atomic mass is 35.5. The van der Waals surface area contributed by atoms with Crippen LogP contribution in [0.25, 0.3) is 21.8 Å². The van der Waals surface area contributed by atoms with Gasteiger partial charge in [-0.25, -0.2) is 0 Å². The number of methoxy groups -OCH3 is 1. The minimum Gasteiger partial charge on any atom is -0.497 e. The second kappa shape index (κ2) is 6.04. The van der Waals surface area contributed by atoms with Crippen LogP contribution in [-0.4, -0.2) is 11.7 Å². The predicted octanol–water partition coefficient (Wildman–Crippen LogP) is 6.16. The Bertz CT molecular complexity index is 976. The molecule has 120 valence electrons. The zero-order valence-corrected chi connectivity index (χ0v) is 14.6. The molecule has 4 aromatic rings. The highest BCUT2D eigenvalue weighted by Gasteiger charge is 2.12. The van der Waals surface area contributed by atoms with E-state index in [4.69, 9.17) is 27.9 Å². The van der Waals surface area contributed by atoms with Crippen LogP contribution >= 0.6 is 23.2 Å². The largest absolute Gasteiger partial charge is 0.497 e. The van der Waals surface area contributed by atoms with E-state index in [2.05, 4.69) is 28.8 Å². The summed E-state index contributed by atoms with van der Waals surface area (Å²) in [6.07, 6.45) is 0. The van der Waals surface area contributed by atoms with Gasteiger partial charge in [-0.1, -0.05) is 35.3 Å². The van der Waals surface area contributed by atoms with Crippen molar-refractivity contribution >= 4 is 45.0 Å². The van der Waals surface area contributed by atoms with E-state index in [1.54, 1.807) is 7.11 Å². The molecule has 0 N–H and O–H groups in total. The van der Waals surface area contributed by atoms with Crippen molar-refractivity contribution in [2.75, 3.05) is 7.11 Å². The van der Waals surface area contributed by atoms with Gasteiger partial charge < -0.3 is 9.30 Å². The van der Waals surface area contributed by atoms with Crippen LogP contribution in [0.4, 0.5) is 0 Å². The van der Waals surface area contributed by atoms with Gasteiger partial charge in [-0.05, 0) is 54.1 Å². The molecule has 2 nitrogen and oxygen atoms in total. The average molecular weight is 356 g/mol. The molecule has 24 heavy (non-hydrogen) atoms. The maximum atomic E-state index is 6.21. The fourth-order valence-electron chi connectivity index (χ4n) is 3.13. The average Bonchev–Trinajstić information content (AvgIpc) is 2.88. The number of ether oxygens (including phenoxy) is 1. The number of rotatable bonds is 3. The third-order valence-electron chi connectivity index (χ3n) is 4.29. The maximum absolute atomic E-state index is 6.21. The lowest BCUT2D eigenvalue weighted by atomic mass is 10.1. The topological polar surface area (TPSA) is 14.2 Å². The number of nitrogens with zero attached hydrogens (tertiary/aromatic N) is 1. The summed E-state index contributed by atoms with van der Waals surface area (Å²) < 4.78 is 7.53. The normalized spacial score (nSPS) is 11.3. The third kappa shape index (κ3) is 2.62. The molecule has 0 radical (unpaired) electrons. The van der Waals surface area contributed by atoms with Gasteiger partial charge in [-0.2, -0.15) is 0 Å². The molecule has 0 spiro atoms. The third-order valence-corrected chi connectivity index (χ3v) is 4.76. The first kappa shape index (κ1) is 15.4. The molecule has 0 fully saturated rings. The molecule has 4 heteroatoms. The molecule has 0 saturated carbocycles. The highest BCUT2D eigenvalue weighted by molar-refractivity contribution is 6.33. The summed E-state index contributed by atoms with van der Waals surface area (Å²) in [6, 6.07) is 20.1. The van der Waals surface area contributed by atoms with E-state index in [1.165, 1.54) is 5.56 Å². The Morgan fingerprint density at radius 2 is 1.33 bits per heavy atom. The number of hydrogen-bond donors (Lipinski definition) is 0. The van der Waals surface area contributed by atoms with Crippen molar-refractivity contribution in [3.63, 3.8) is 0 Å². The Labute approximate surface area is 150 Å². The molecule has 0 atom stereocenters. The monoisotopic (exact) mass is 355 g/mol. The van der Waals surface area contributed by atoms with Crippen LogP contribution in [0.1, 0.15) is 5.56 Å². The first-order valence-electron chi connectivity index (χ1n) is 7.65. The Kier molecular flexibility index (Phi) is 3.87. The summed E-state index contributed by atoms with van der Waals surface area (Å²) in [6.45, 7) is 0.771. The lowest BCUT2D eigenvalue weighted by Crippen LogP contribution is -1.99. The van der Waals surface area contributed by atoms with E-state index >= 15 is 0 Å². The van der Waals surface area contributed by atoms with Crippen LogP contribution in [0.2, 0.25) is 10.0 Å². The van der Waals surface area contributed by atoms with Gasteiger partial charge in [0, 0.05) is 38.4 Å². The first-order chi connectivity index (χ1) is 11.7. The molecular weight excluding hydrogens is 341 g/mol. The Morgan fingerprint density at radius 3 is 1.83 bits per heavy atom. The zero-order chi connectivity index (χ0) is 16.7. The van der Waals surface area contributed by atoms with Crippen LogP contribution in [0.5, 0.6) is 5.75 Å². The number of benzene rings is 3. The van der Waals surface area contributed by atoms with Crippen molar-refractivity contribution in [2.45, 2.75) is 6.54 Å². The van der Waals surface area contributed by atoms with Crippen LogP contribution < -0.4 is 4.74 Å². The van der Waals surface area contributed by atoms with E-state index in [9.17, 15) is 0 Å². The van der Waals surface area contributed by atoms with Crippen molar-refractivity contribution in [3.05, 3.63) is 76.3 Å². The van der Waals surface area contributed by atoms with Crippen molar-refractivity contribution in [2.24, 2.45) is 0 Å². The summed E-state index contributed by atoms with van der Waals surface area (Å²) in [5, 5.41) is 3.69. The molecule has 0 amide bonds. The second-order valence-electron chi connectivity index (χ2n) is 5.76. The van der Waals surface area contributed by atoms with Crippen molar-refractivity contribution in [3.8, 4) is 5.75 Å². The van der Waals surface area contributed by atoms with Crippen molar-refractivity contribution in [1.82, 2.24) is 4.57 Å². The molecule has 0 bridgehead atoms. The zero-order valence-electron chi connectivity index (χ0n) is 13.1. The van der Waals surface area contributed by atoms with Crippen LogP contribution in [0, 0.1) is 0 Å². The van der Waals surface area contributed by atoms with Gasteiger partial charge in [-0.3, -0.25) is 0 Å². The summed E-state index contributed by atoms with van der Waals surface area (Å²) >= 11 is 12.4. The van der Waals surface area contributed by atoms with Crippen molar-refractivity contribution in [1.29, 1.82) is 0 Å². The van der Waals surface area contributed by atoms with E-state index < -0.39 is 0 Å². The van der Waals surface area contributed by atoms with Gasteiger partial charge in [0.1, 0.15) is 5.75 Å². The standard InChI is InChI=1S/C20H15Cl2NO/c1-24-16-6-2-13(3-7-16)12-23-19-8-4-14(21)10-17(19)18-11-15(22)5-9-20(18)23/h2-11H,12H2,1H3. The Balaban J connectivity index is 1.91. The summed E-state index contributed by atoms with van der Waals surface area (Å²) in [7, 11) is 1.68. The van der Waals surface area contributed by atoms with Gasteiger partial charge in [0.25, 0.3) is 0 Å². The molecule has 3 aromatic carbocycles. The van der Waals surface area contributed by atoms with Crippen molar-refractivity contribution < 1.29 is 4.74 Å². The second-order valence-corrected chi connectivity index (χ2v) is 6.63. The minimum absolute atomic E-state index is 0.728. The quantitative estimate of drug-likeness (QED) is 0.429. The molecule has 1 heterocycles. The number of fused-ring (bicyclic) bond motifs is 3.